The molecule has 3 aliphatic heterocycles. The number of benzene rings is 1. The molecule has 1 atom stereocenters. The van der Waals surface area contributed by atoms with E-state index < -0.39 is 6.04 Å². The molecule has 0 spiro atoms. The highest BCUT2D eigenvalue weighted by atomic mass is 32.1. The van der Waals surface area contributed by atoms with Crippen molar-refractivity contribution < 1.29 is 14.4 Å². The fourth-order valence-corrected chi connectivity index (χ4v) is 5.63. The van der Waals surface area contributed by atoms with Crippen molar-refractivity contribution in [3.05, 3.63) is 46.0 Å². The molecule has 1 unspecified atom stereocenters. The van der Waals surface area contributed by atoms with Gasteiger partial charge >= 0.3 is 0 Å². The number of nitrogens with zero attached hydrogens (tertiary/aromatic N) is 2. The van der Waals surface area contributed by atoms with E-state index >= 15 is 0 Å². The Kier molecular flexibility index (Phi) is 5.45. The van der Waals surface area contributed by atoms with Crippen LogP contribution in [0.25, 0.3) is 0 Å². The lowest BCUT2D eigenvalue weighted by atomic mass is 9.97. The SMILES string of the molecule is O=C1CCC(N2Cc3c(CNc4ncc(C5CCNCC5)s4)cccc3C2=O)C(=O)N1. The van der Waals surface area contributed by atoms with Crippen molar-refractivity contribution in [2.24, 2.45) is 0 Å². The Morgan fingerprint density at radius 1 is 1.16 bits per heavy atom. The van der Waals surface area contributed by atoms with Crippen LogP contribution in [0.5, 0.6) is 0 Å². The second-order valence-corrected chi connectivity index (χ2v) is 9.35. The van der Waals surface area contributed by atoms with Gasteiger partial charge in [0.15, 0.2) is 5.13 Å². The number of thiazole rings is 1. The first-order valence-electron chi connectivity index (χ1n) is 10.8. The van der Waals surface area contributed by atoms with Crippen LogP contribution >= 0.6 is 11.3 Å². The Balaban J connectivity index is 1.28. The minimum Gasteiger partial charge on any atom is -0.357 e. The molecule has 4 heterocycles. The van der Waals surface area contributed by atoms with Crippen molar-refractivity contribution in [3.63, 3.8) is 0 Å². The van der Waals surface area contributed by atoms with Crippen LogP contribution in [-0.2, 0) is 22.7 Å². The Bertz CT molecular complexity index is 1030. The Labute approximate surface area is 184 Å². The molecule has 3 amide bonds. The van der Waals surface area contributed by atoms with E-state index in [1.807, 2.05) is 24.4 Å². The zero-order chi connectivity index (χ0) is 21.4. The smallest absolute Gasteiger partial charge is 0.255 e. The van der Waals surface area contributed by atoms with E-state index in [1.165, 1.54) is 4.88 Å². The fourth-order valence-electron chi connectivity index (χ4n) is 4.65. The summed E-state index contributed by atoms with van der Waals surface area (Å²) in [5.41, 5.74) is 2.61. The van der Waals surface area contributed by atoms with E-state index in [0.717, 1.165) is 42.2 Å². The van der Waals surface area contributed by atoms with Crippen molar-refractivity contribution in [3.8, 4) is 0 Å². The summed E-state index contributed by atoms with van der Waals surface area (Å²) in [6.45, 7) is 3.06. The van der Waals surface area contributed by atoms with Crippen LogP contribution in [0.4, 0.5) is 5.13 Å². The molecule has 0 aliphatic carbocycles. The van der Waals surface area contributed by atoms with E-state index in [1.54, 1.807) is 16.2 Å². The van der Waals surface area contributed by atoms with Gasteiger partial charge in [0.25, 0.3) is 5.91 Å². The van der Waals surface area contributed by atoms with E-state index in [2.05, 4.69) is 20.9 Å². The summed E-state index contributed by atoms with van der Waals surface area (Å²) >= 11 is 1.70. The first kappa shape index (κ1) is 20.1. The molecular weight excluding hydrogens is 414 g/mol. The topological polar surface area (TPSA) is 103 Å². The summed E-state index contributed by atoms with van der Waals surface area (Å²) in [5, 5.41) is 10.0. The second kappa shape index (κ2) is 8.39. The van der Waals surface area contributed by atoms with Crippen LogP contribution in [0.15, 0.2) is 24.4 Å². The lowest BCUT2D eigenvalue weighted by Gasteiger charge is -2.29. The number of rotatable bonds is 5. The van der Waals surface area contributed by atoms with E-state index in [9.17, 15) is 14.4 Å². The van der Waals surface area contributed by atoms with Crippen molar-refractivity contribution in [1.29, 1.82) is 0 Å². The van der Waals surface area contributed by atoms with Gasteiger partial charge in [0.2, 0.25) is 11.8 Å². The summed E-state index contributed by atoms with van der Waals surface area (Å²) in [4.78, 5) is 44.1. The third kappa shape index (κ3) is 3.95. The van der Waals surface area contributed by atoms with Crippen LogP contribution in [0.3, 0.4) is 0 Å². The molecule has 0 radical (unpaired) electrons. The van der Waals surface area contributed by atoms with Crippen LogP contribution < -0.4 is 16.0 Å². The van der Waals surface area contributed by atoms with E-state index in [4.69, 9.17) is 0 Å². The predicted octanol–water partition coefficient (Wildman–Crippen LogP) is 1.98. The van der Waals surface area contributed by atoms with Crippen LogP contribution in [0.1, 0.15) is 58.0 Å². The molecule has 1 aromatic carbocycles. The molecule has 3 aliphatic rings. The van der Waals surface area contributed by atoms with Crippen LogP contribution in [0, 0.1) is 0 Å². The van der Waals surface area contributed by atoms with Gasteiger partial charge in [0, 0.05) is 36.1 Å². The van der Waals surface area contributed by atoms with Gasteiger partial charge in [0.05, 0.1) is 0 Å². The molecule has 0 saturated carbocycles. The Morgan fingerprint density at radius 2 is 2.00 bits per heavy atom. The van der Waals surface area contributed by atoms with Crippen molar-refractivity contribution in [1.82, 2.24) is 20.5 Å². The third-order valence-corrected chi connectivity index (χ3v) is 7.49. The zero-order valence-electron chi connectivity index (χ0n) is 17.1. The fraction of sp³-hybridized carbons (Fsp3) is 0.455. The largest absolute Gasteiger partial charge is 0.357 e. The maximum atomic E-state index is 13.0. The molecule has 1 aromatic heterocycles. The number of imide groups is 1. The number of fused-ring (bicyclic) bond motifs is 1. The van der Waals surface area contributed by atoms with Gasteiger partial charge in [-0.05, 0) is 55.5 Å². The molecule has 2 fully saturated rings. The number of amides is 3. The minimum absolute atomic E-state index is 0.145. The first-order valence-corrected chi connectivity index (χ1v) is 11.6. The number of hydrogen-bond acceptors (Lipinski definition) is 7. The highest BCUT2D eigenvalue weighted by Crippen LogP contribution is 2.33. The third-order valence-electron chi connectivity index (χ3n) is 6.37. The number of anilines is 1. The first-order chi connectivity index (χ1) is 15.1. The maximum Gasteiger partial charge on any atom is 0.255 e. The molecule has 2 aromatic rings. The molecule has 8 nitrogen and oxygen atoms in total. The summed E-state index contributed by atoms with van der Waals surface area (Å²) in [7, 11) is 0. The molecule has 162 valence electrons. The predicted molar refractivity (Wildman–Crippen MR) is 117 cm³/mol. The Morgan fingerprint density at radius 3 is 2.81 bits per heavy atom. The van der Waals surface area contributed by atoms with E-state index in [-0.39, 0.29) is 24.1 Å². The van der Waals surface area contributed by atoms with Crippen molar-refractivity contribution in [2.75, 3.05) is 18.4 Å². The summed E-state index contributed by atoms with van der Waals surface area (Å²) in [6, 6.07) is 5.11. The number of carbonyl (C=O) groups is 3. The monoisotopic (exact) mass is 439 g/mol. The minimum atomic E-state index is -0.593. The molecule has 2 saturated heterocycles. The molecule has 31 heavy (non-hydrogen) atoms. The van der Waals surface area contributed by atoms with Gasteiger partial charge in [-0.3, -0.25) is 19.7 Å². The van der Waals surface area contributed by atoms with Gasteiger partial charge in [0.1, 0.15) is 6.04 Å². The van der Waals surface area contributed by atoms with E-state index in [0.29, 0.717) is 31.0 Å². The average Bonchev–Trinajstić information content (AvgIpc) is 3.38. The van der Waals surface area contributed by atoms with Crippen molar-refractivity contribution >= 4 is 34.2 Å². The van der Waals surface area contributed by atoms with Gasteiger partial charge in [-0.1, -0.05) is 12.1 Å². The number of carbonyl (C=O) groups excluding carboxylic acids is 3. The summed E-state index contributed by atoms with van der Waals surface area (Å²) < 4.78 is 0. The highest BCUT2D eigenvalue weighted by Gasteiger charge is 2.39. The number of piperidine rings is 2. The molecular formula is C22H25N5O3S. The zero-order valence-corrected chi connectivity index (χ0v) is 18.0. The maximum absolute atomic E-state index is 13.0. The van der Waals surface area contributed by atoms with Gasteiger partial charge in [-0.15, -0.1) is 11.3 Å². The second-order valence-electron chi connectivity index (χ2n) is 8.29. The van der Waals surface area contributed by atoms with Gasteiger partial charge < -0.3 is 15.5 Å². The van der Waals surface area contributed by atoms with Crippen LogP contribution in [-0.4, -0.2) is 46.7 Å². The van der Waals surface area contributed by atoms with Crippen LogP contribution in [0.2, 0.25) is 0 Å². The highest BCUT2D eigenvalue weighted by molar-refractivity contribution is 7.15. The number of nitrogens with one attached hydrogen (secondary N) is 3. The molecule has 9 heteroatoms. The van der Waals surface area contributed by atoms with Gasteiger partial charge in [-0.25, -0.2) is 4.98 Å². The molecule has 0 bridgehead atoms. The molecule has 5 rings (SSSR count). The average molecular weight is 440 g/mol. The number of hydrogen-bond donors (Lipinski definition) is 3. The summed E-state index contributed by atoms with van der Waals surface area (Å²) in [6.07, 6.45) is 4.90. The Hall–Kier alpha value is -2.78. The standard InChI is InChI=1S/C22H25N5O3S/c28-19-5-4-17(20(29)26-19)27-12-16-14(2-1-3-15(16)21(27)30)10-24-22-25-11-18(31-22)13-6-8-23-9-7-13/h1-3,11,13,17,23H,4-10,12H2,(H,24,25)(H,26,28,29). The quantitative estimate of drug-likeness (QED) is 0.616. The number of aromatic nitrogens is 1. The van der Waals surface area contributed by atoms with Crippen molar-refractivity contribution in [2.45, 2.75) is 50.7 Å². The lowest BCUT2D eigenvalue weighted by molar-refractivity contribution is -0.136. The lowest BCUT2D eigenvalue weighted by Crippen LogP contribution is -2.52. The summed E-state index contributed by atoms with van der Waals surface area (Å²) in [5.74, 6) is -0.225. The molecule has 3 N–H and O–H groups in total. The normalized spacial score (nSPS) is 21.9. The van der Waals surface area contributed by atoms with Gasteiger partial charge in [-0.2, -0.15) is 0 Å².